The summed E-state index contributed by atoms with van der Waals surface area (Å²) in [7, 11) is 1.62. The molecule has 6 heteroatoms. The van der Waals surface area contributed by atoms with Crippen molar-refractivity contribution < 1.29 is 13.9 Å². The van der Waals surface area contributed by atoms with Gasteiger partial charge in [-0.2, -0.15) is 0 Å². The third-order valence-corrected chi connectivity index (χ3v) is 5.67. The van der Waals surface area contributed by atoms with Crippen LogP contribution in [0.25, 0.3) is 11.0 Å². The summed E-state index contributed by atoms with van der Waals surface area (Å²) in [6, 6.07) is 14.7. The molecule has 0 aliphatic carbocycles. The minimum Gasteiger partial charge on any atom is -0.497 e. The second-order valence-electron chi connectivity index (χ2n) is 6.13. The van der Waals surface area contributed by atoms with E-state index in [1.54, 1.807) is 29.8 Å². The number of nitrogens with zero attached hydrogens (tertiary/aromatic N) is 1. The van der Waals surface area contributed by atoms with Crippen molar-refractivity contribution in [2.45, 2.75) is 12.3 Å². The third-order valence-electron chi connectivity index (χ3n) is 4.46. The Morgan fingerprint density at radius 1 is 1.15 bits per heavy atom. The molecular formula is C20H17NO4S. The summed E-state index contributed by atoms with van der Waals surface area (Å²) >= 11 is 1.57. The zero-order valence-corrected chi connectivity index (χ0v) is 15.2. The molecule has 5 nitrogen and oxygen atoms in total. The van der Waals surface area contributed by atoms with E-state index in [0.29, 0.717) is 17.0 Å². The van der Waals surface area contributed by atoms with Gasteiger partial charge in [-0.25, -0.2) is 4.79 Å². The van der Waals surface area contributed by atoms with Gasteiger partial charge in [0.2, 0.25) is 5.91 Å². The SMILES string of the molecule is COc1cccc(C2SCC(=O)N2c2ccc3c(C)cc(=O)oc3c2)c1. The Bertz CT molecular complexity index is 1060. The highest BCUT2D eigenvalue weighted by atomic mass is 32.2. The van der Waals surface area contributed by atoms with E-state index in [2.05, 4.69) is 0 Å². The number of aryl methyl sites for hydroxylation is 1. The predicted molar refractivity (Wildman–Crippen MR) is 103 cm³/mol. The fraction of sp³-hybridized carbons (Fsp3) is 0.200. The van der Waals surface area contributed by atoms with Crippen molar-refractivity contribution in [1.82, 2.24) is 0 Å². The first kappa shape index (κ1) is 16.7. The Morgan fingerprint density at radius 3 is 2.81 bits per heavy atom. The normalized spacial score (nSPS) is 17.1. The van der Waals surface area contributed by atoms with Crippen LogP contribution in [-0.2, 0) is 4.79 Å². The number of carbonyl (C=O) groups is 1. The lowest BCUT2D eigenvalue weighted by Crippen LogP contribution is -2.27. The molecule has 1 unspecified atom stereocenters. The van der Waals surface area contributed by atoms with Gasteiger partial charge in [0.1, 0.15) is 16.7 Å². The molecule has 4 rings (SSSR count). The van der Waals surface area contributed by atoms with Crippen molar-refractivity contribution in [3.63, 3.8) is 0 Å². The zero-order valence-electron chi connectivity index (χ0n) is 14.4. The second kappa shape index (κ2) is 6.53. The van der Waals surface area contributed by atoms with Crippen molar-refractivity contribution in [2.24, 2.45) is 0 Å². The zero-order chi connectivity index (χ0) is 18.3. The molecular weight excluding hydrogens is 350 g/mol. The standard InChI is InChI=1S/C20H17NO4S/c1-12-8-19(23)25-17-10-14(6-7-16(12)17)21-18(22)11-26-20(21)13-4-3-5-15(9-13)24-2/h3-10,20H,11H2,1-2H3. The Labute approximate surface area is 154 Å². The first-order valence-electron chi connectivity index (χ1n) is 8.19. The van der Waals surface area contributed by atoms with Crippen LogP contribution in [0.5, 0.6) is 5.75 Å². The third kappa shape index (κ3) is 2.86. The molecule has 1 amide bonds. The van der Waals surface area contributed by atoms with Crippen LogP contribution in [0.2, 0.25) is 0 Å². The first-order chi connectivity index (χ1) is 12.6. The van der Waals surface area contributed by atoms with Crippen molar-refractivity contribution in [3.8, 4) is 5.75 Å². The first-order valence-corrected chi connectivity index (χ1v) is 9.24. The molecule has 0 radical (unpaired) electrons. The van der Waals surface area contributed by atoms with Crippen LogP contribution in [-0.4, -0.2) is 18.8 Å². The maximum atomic E-state index is 12.6. The summed E-state index contributed by atoms with van der Waals surface area (Å²) in [5.74, 6) is 1.18. The molecule has 0 spiro atoms. The van der Waals surface area contributed by atoms with Gasteiger partial charge in [0.25, 0.3) is 0 Å². The number of methoxy groups -OCH3 is 1. The van der Waals surface area contributed by atoms with E-state index in [0.717, 1.165) is 22.3 Å². The quantitative estimate of drug-likeness (QED) is 0.657. The average molecular weight is 367 g/mol. The van der Waals surface area contributed by atoms with Crippen LogP contribution in [0, 0.1) is 6.92 Å². The summed E-state index contributed by atoms with van der Waals surface area (Å²) in [4.78, 5) is 26.0. The molecule has 1 aromatic heterocycles. The Kier molecular flexibility index (Phi) is 4.20. The number of anilines is 1. The van der Waals surface area contributed by atoms with Gasteiger partial charge < -0.3 is 9.15 Å². The number of fused-ring (bicyclic) bond motifs is 1. The highest BCUT2D eigenvalue weighted by Gasteiger charge is 2.34. The fourth-order valence-electron chi connectivity index (χ4n) is 3.21. The number of carbonyl (C=O) groups excluding carboxylic acids is 1. The minimum absolute atomic E-state index is 0.0252. The predicted octanol–water partition coefficient (Wildman–Crippen LogP) is 3.89. The highest BCUT2D eigenvalue weighted by Crippen LogP contribution is 2.43. The summed E-state index contributed by atoms with van der Waals surface area (Å²) in [5, 5.41) is 0.720. The van der Waals surface area contributed by atoms with Crippen LogP contribution < -0.4 is 15.3 Å². The van der Waals surface area contributed by atoms with Crippen LogP contribution in [0.3, 0.4) is 0 Å². The van der Waals surface area contributed by atoms with E-state index in [1.807, 2.05) is 43.3 Å². The topological polar surface area (TPSA) is 59.8 Å². The van der Waals surface area contributed by atoms with Crippen LogP contribution in [0.4, 0.5) is 5.69 Å². The van der Waals surface area contributed by atoms with Gasteiger partial charge in [-0.1, -0.05) is 12.1 Å². The lowest BCUT2D eigenvalue weighted by atomic mass is 10.1. The number of rotatable bonds is 3. The van der Waals surface area contributed by atoms with Crippen LogP contribution >= 0.6 is 11.8 Å². The molecule has 0 N–H and O–H groups in total. The average Bonchev–Trinajstić information content (AvgIpc) is 3.02. The van der Waals surface area contributed by atoms with E-state index < -0.39 is 5.63 Å². The molecule has 0 bridgehead atoms. The Balaban J connectivity index is 1.80. The highest BCUT2D eigenvalue weighted by molar-refractivity contribution is 8.00. The van der Waals surface area contributed by atoms with E-state index in [9.17, 15) is 9.59 Å². The molecule has 3 aromatic rings. The minimum atomic E-state index is -0.390. The molecule has 26 heavy (non-hydrogen) atoms. The summed E-state index contributed by atoms with van der Waals surface area (Å²) in [6.07, 6.45) is 0. The van der Waals surface area contributed by atoms with Gasteiger partial charge in [0.15, 0.2) is 0 Å². The molecule has 2 heterocycles. The number of benzene rings is 2. The van der Waals surface area contributed by atoms with Crippen LogP contribution in [0.15, 0.2) is 57.7 Å². The molecule has 1 fully saturated rings. The maximum absolute atomic E-state index is 12.6. The fourth-order valence-corrected chi connectivity index (χ4v) is 4.38. The molecule has 2 aromatic carbocycles. The summed E-state index contributed by atoms with van der Waals surface area (Å²) in [6.45, 7) is 1.87. The maximum Gasteiger partial charge on any atom is 0.336 e. The van der Waals surface area contributed by atoms with Crippen molar-refractivity contribution in [2.75, 3.05) is 17.8 Å². The van der Waals surface area contributed by atoms with Crippen molar-refractivity contribution in [3.05, 3.63) is 70.1 Å². The van der Waals surface area contributed by atoms with E-state index in [4.69, 9.17) is 9.15 Å². The smallest absolute Gasteiger partial charge is 0.336 e. The number of hydrogen-bond donors (Lipinski definition) is 0. The monoisotopic (exact) mass is 367 g/mol. The molecule has 1 saturated heterocycles. The lowest BCUT2D eigenvalue weighted by Gasteiger charge is -2.24. The Hall–Kier alpha value is -2.73. The van der Waals surface area contributed by atoms with Crippen LogP contribution in [0.1, 0.15) is 16.5 Å². The number of hydrogen-bond acceptors (Lipinski definition) is 5. The second-order valence-corrected chi connectivity index (χ2v) is 7.20. The molecule has 132 valence electrons. The molecule has 1 atom stereocenters. The van der Waals surface area contributed by atoms with E-state index in [-0.39, 0.29) is 11.3 Å². The number of ether oxygens (including phenoxy) is 1. The van der Waals surface area contributed by atoms with E-state index in [1.165, 1.54) is 6.07 Å². The molecule has 1 aliphatic rings. The van der Waals surface area contributed by atoms with Gasteiger partial charge >= 0.3 is 5.63 Å². The van der Waals surface area contributed by atoms with Crippen molar-refractivity contribution in [1.29, 1.82) is 0 Å². The largest absolute Gasteiger partial charge is 0.497 e. The Morgan fingerprint density at radius 2 is 2.00 bits per heavy atom. The van der Waals surface area contributed by atoms with Gasteiger partial charge in [-0.3, -0.25) is 9.69 Å². The van der Waals surface area contributed by atoms with Crippen molar-refractivity contribution >= 4 is 34.3 Å². The number of amides is 1. The van der Waals surface area contributed by atoms with Gasteiger partial charge in [-0.05, 0) is 42.3 Å². The van der Waals surface area contributed by atoms with Gasteiger partial charge in [0, 0.05) is 23.2 Å². The number of thioether (sulfide) groups is 1. The molecule has 1 aliphatic heterocycles. The van der Waals surface area contributed by atoms with Gasteiger partial charge in [-0.15, -0.1) is 11.8 Å². The summed E-state index contributed by atoms with van der Waals surface area (Å²) < 4.78 is 10.6. The summed E-state index contributed by atoms with van der Waals surface area (Å²) in [5.41, 5.74) is 2.66. The van der Waals surface area contributed by atoms with Gasteiger partial charge in [0.05, 0.1) is 12.9 Å². The lowest BCUT2D eigenvalue weighted by molar-refractivity contribution is -0.115. The van der Waals surface area contributed by atoms with E-state index >= 15 is 0 Å². The molecule has 0 saturated carbocycles.